The molecule has 0 amide bonds. The largest absolute Gasteiger partial charge is 0.458 e. The third-order valence-electron chi connectivity index (χ3n) is 5.29. The molecule has 0 aromatic heterocycles. The van der Waals surface area contributed by atoms with Gasteiger partial charge < -0.3 is 10.0 Å². The molecule has 3 rings (SSSR count). The molecule has 0 fully saturated rings. The smallest absolute Gasteiger partial charge is 0.382 e. The lowest BCUT2D eigenvalue weighted by atomic mass is 10.0. The zero-order valence-corrected chi connectivity index (χ0v) is 18.3. The molecule has 0 spiro atoms. The Morgan fingerprint density at radius 3 is 1.65 bits per heavy atom. The van der Waals surface area contributed by atoms with Crippen molar-refractivity contribution in [1.29, 1.82) is 0 Å². The van der Waals surface area contributed by atoms with Gasteiger partial charge in [-0.15, -0.1) is 0 Å². The van der Waals surface area contributed by atoms with Crippen molar-refractivity contribution in [2.75, 3.05) is 11.4 Å². The Morgan fingerprint density at radius 2 is 1.11 bits per heavy atom. The van der Waals surface area contributed by atoms with E-state index < -0.39 is 53.9 Å². The second-order valence-electron chi connectivity index (χ2n) is 7.92. The van der Waals surface area contributed by atoms with Crippen molar-refractivity contribution < 1.29 is 53.4 Å². The fraction of sp³-hybridized carbons (Fsp3) is 0.250. The number of hydrogen-bond acceptors (Lipinski definition) is 2. The van der Waals surface area contributed by atoms with Crippen molar-refractivity contribution in [3.05, 3.63) is 83.9 Å². The Labute approximate surface area is 202 Å². The average Bonchev–Trinajstić information content (AvgIpc) is 2.80. The molecule has 0 bridgehead atoms. The van der Waals surface area contributed by atoms with E-state index in [0.717, 1.165) is 42.5 Å². The molecule has 0 aliphatic carbocycles. The van der Waals surface area contributed by atoms with Gasteiger partial charge in [-0.3, -0.25) is 0 Å². The highest BCUT2D eigenvalue weighted by atomic mass is 19.4. The van der Waals surface area contributed by atoms with Crippen molar-refractivity contribution in [3.8, 4) is 11.1 Å². The number of benzene rings is 3. The number of halogens is 11. The third kappa shape index (κ3) is 6.32. The van der Waals surface area contributed by atoms with Gasteiger partial charge in [-0.05, 0) is 47.5 Å². The van der Waals surface area contributed by atoms with Crippen molar-refractivity contribution in [2.24, 2.45) is 0 Å². The van der Waals surface area contributed by atoms with Gasteiger partial charge in [0.15, 0.2) is 6.10 Å². The molecule has 3 aromatic rings. The summed E-state index contributed by atoms with van der Waals surface area (Å²) < 4.78 is 145. The van der Waals surface area contributed by atoms with Crippen molar-refractivity contribution in [2.45, 2.75) is 30.6 Å². The highest BCUT2D eigenvalue weighted by Gasteiger charge is 2.58. The molecule has 0 aliphatic rings. The molecule has 0 saturated carbocycles. The number of anilines is 2. The number of aliphatic hydroxyl groups excluding tert-OH is 1. The molecule has 0 radical (unpaired) electrons. The number of alkyl halides is 11. The molecule has 200 valence electrons. The first kappa shape index (κ1) is 28.2. The van der Waals surface area contributed by atoms with Crippen LogP contribution in [0.2, 0.25) is 0 Å². The van der Waals surface area contributed by atoms with Crippen molar-refractivity contribution >= 4 is 11.4 Å². The Hall–Kier alpha value is -3.35. The normalized spacial score (nSPS) is 13.9. The van der Waals surface area contributed by atoms with Gasteiger partial charge in [0.25, 0.3) is 0 Å². The minimum absolute atomic E-state index is 0.00495. The van der Waals surface area contributed by atoms with Crippen molar-refractivity contribution in [3.63, 3.8) is 0 Å². The van der Waals surface area contributed by atoms with Crippen LogP contribution in [0.4, 0.5) is 59.7 Å². The zero-order valence-electron chi connectivity index (χ0n) is 18.3. The number of nitrogens with zero attached hydrogens (tertiary/aromatic N) is 1. The van der Waals surface area contributed by atoms with Crippen molar-refractivity contribution in [1.82, 2.24) is 0 Å². The summed E-state index contributed by atoms with van der Waals surface area (Å²) in [6.07, 6.45) is -18.9. The molecule has 37 heavy (non-hydrogen) atoms. The fourth-order valence-corrected chi connectivity index (χ4v) is 3.40. The number of rotatable bonds is 6. The second-order valence-corrected chi connectivity index (χ2v) is 7.92. The lowest BCUT2D eigenvalue weighted by Crippen LogP contribution is -2.39. The monoisotopic (exact) mass is 543 g/mol. The van der Waals surface area contributed by atoms with E-state index in [9.17, 15) is 53.4 Å². The standard InChI is InChI=1S/C24H16F11NO/c25-21(26,24(33,34)35)16-6-3-9-19(12-16)36(13-20(37)23(30,31)32)18-8-2-5-15(11-18)14-4-1-7-17(10-14)22(27,28)29/h1-12,20,37H,13H2. The van der Waals surface area contributed by atoms with E-state index in [4.69, 9.17) is 0 Å². The van der Waals surface area contributed by atoms with E-state index >= 15 is 0 Å². The van der Waals surface area contributed by atoms with E-state index in [-0.39, 0.29) is 16.8 Å². The van der Waals surface area contributed by atoms with E-state index in [1.54, 1.807) is 0 Å². The first-order chi connectivity index (χ1) is 16.9. The number of hydrogen-bond donors (Lipinski definition) is 1. The molecule has 0 aliphatic heterocycles. The summed E-state index contributed by atoms with van der Waals surface area (Å²) in [6.45, 7) is -1.31. The summed E-state index contributed by atoms with van der Waals surface area (Å²) in [5.41, 5.74) is -3.26. The van der Waals surface area contributed by atoms with Crippen LogP contribution in [0.5, 0.6) is 0 Å². The van der Waals surface area contributed by atoms with Crippen LogP contribution < -0.4 is 4.90 Å². The van der Waals surface area contributed by atoms with Gasteiger partial charge >= 0.3 is 24.5 Å². The van der Waals surface area contributed by atoms with Gasteiger partial charge in [0.2, 0.25) is 0 Å². The molecule has 2 nitrogen and oxygen atoms in total. The summed E-state index contributed by atoms with van der Waals surface area (Å²) in [6, 6.07) is 11.3. The Kier molecular flexibility index (Phi) is 7.51. The maximum atomic E-state index is 13.9. The Bertz CT molecular complexity index is 1230. The molecule has 1 atom stereocenters. The molecule has 1 unspecified atom stereocenters. The topological polar surface area (TPSA) is 23.5 Å². The van der Waals surface area contributed by atoms with E-state index in [1.807, 2.05) is 0 Å². The van der Waals surface area contributed by atoms with E-state index in [1.165, 1.54) is 18.2 Å². The highest BCUT2D eigenvalue weighted by molar-refractivity contribution is 5.73. The molecule has 3 aromatic carbocycles. The summed E-state index contributed by atoms with van der Waals surface area (Å²) in [7, 11) is 0. The SMILES string of the molecule is OC(CN(c1cccc(-c2cccc(C(F)(F)F)c2)c1)c1cccc(C(F)(F)C(F)(F)F)c1)C(F)(F)F. The molecule has 0 heterocycles. The highest BCUT2D eigenvalue weighted by Crippen LogP contribution is 2.45. The zero-order chi connectivity index (χ0) is 27.8. The Balaban J connectivity index is 2.12. The molecular formula is C24H16F11NO. The molecular weight excluding hydrogens is 527 g/mol. The molecule has 1 N–H and O–H groups in total. The third-order valence-corrected chi connectivity index (χ3v) is 5.29. The molecule has 0 saturated heterocycles. The maximum Gasteiger partial charge on any atom is 0.458 e. The van der Waals surface area contributed by atoms with Gasteiger partial charge in [0.05, 0.1) is 12.1 Å². The Morgan fingerprint density at radius 1 is 0.622 bits per heavy atom. The van der Waals surface area contributed by atoms with Gasteiger partial charge in [-0.25, -0.2) is 0 Å². The van der Waals surface area contributed by atoms with Crippen LogP contribution in [0.3, 0.4) is 0 Å². The van der Waals surface area contributed by atoms with Crippen LogP contribution in [0.15, 0.2) is 72.8 Å². The minimum Gasteiger partial charge on any atom is -0.382 e. The fourth-order valence-electron chi connectivity index (χ4n) is 3.40. The second kappa shape index (κ2) is 9.84. The lowest BCUT2D eigenvalue weighted by Gasteiger charge is -2.30. The summed E-state index contributed by atoms with van der Waals surface area (Å²) in [5.74, 6) is -5.34. The van der Waals surface area contributed by atoms with Crippen LogP contribution in [0.1, 0.15) is 11.1 Å². The summed E-state index contributed by atoms with van der Waals surface area (Å²) in [4.78, 5) is 0.644. The summed E-state index contributed by atoms with van der Waals surface area (Å²) >= 11 is 0. The minimum atomic E-state index is -5.99. The van der Waals surface area contributed by atoms with Crippen LogP contribution in [0.25, 0.3) is 11.1 Å². The van der Waals surface area contributed by atoms with Gasteiger partial charge in [0, 0.05) is 16.9 Å². The van der Waals surface area contributed by atoms with Gasteiger partial charge in [-0.1, -0.05) is 36.4 Å². The molecule has 13 heteroatoms. The average molecular weight is 543 g/mol. The van der Waals surface area contributed by atoms with Crippen LogP contribution >= 0.6 is 0 Å². The summed E-state index contributed by atoms with van der Waals surface area (Å²) in [5, 5.41) is 9.63. The van der Waals surface area contributed by atoms with Gasteiger partial charge in [-0.2, -0.15) is 48.3 Å². The first-order valence-electron chi connectivity index (χ1n) is 10.3. The predicted molar refractivity (Wildman–Crippen MR) is 112 cm³/mol. The van der Waals surface area contributed by atoms with Crippen LogP contribution in [-0.2, 0) is 12.1 Å². The maximum absolute atomic E-state index is 13.9. The quantitative estimate of drug-likeness (QED) is 0.318. The lowest BCUT2D eigenvalue weighted by molar-refractivity contribution is -0.289. The van der Waals surface area contributed by atoms with Crippen LogP contribution in [-0.4, -0.2) is 30.1 Å². The van der Waals surface area contributed by atoms with E-state index in [0.29, 0.717) is 17.0 Å². The van der Waals surface area contributed by atoms with E-state index in [2.05, 4.69) is 0 Å². The van der Waals surface area contributed by atoms with Gasteiger partial charge in [0.1, 0.15) is 0 Å². The van der Waals surface area contributed by atoms with Crippen LogP contribution in [0, 0.1) is 0 Å². The predicted octanol–water partition coefficient (Wildman–Crippen LogP) is 8.09. The number of aliphatic hydroxyl groups is 1. The first-order valence-corrected chi connectivity index (χ1v) is 10.3.